The maximum Gasteiger partial charge on any atom is 0.161 e. The summed E-state index contributed by atoms with van der Waals surface area (Å²) >= 11 is 1.69. The number of hydrogen-bond acceptors (Lipinski definition) is 5. The maximum absolute atomic E-state index is 6.52. The molecule has 4 nitrogen and oxygen atoms in total. The van der Waals surface area contributed by atoms with Crippen molar-refractivity contribution in [2.45, 2.75) is 0 Å². The molecule has 0 N–H and O–H groups in total. The third-order valence-electron chi connectivity index (χ3n) is 9.57. The van der Waals surface area contributed by atoms with Crippen molar-refractivity contribution in [3.8, 4) is 66.7 Å². The summed E-state index contributed by atoms with van der Waals surface area (Å²) in [6, 6.07) is 60.9. The van der Waals surface area contributed by atoms with Gasteiger partial charge >= 0.3 is 0 Å². The Hall–Kier alpha value is -6.69. The number of hydrogen-bond donors (Lipinski definition) is 0. The van der Waals surface area contributed by atoms with E-state index in [1.165, 1.54) is 5.56 Å². The molecule has 0 atom stereocenters. The van der Waals surface area contributed by atoms with E-state index in [1.54, 1.807) is 11.3 Å². The molecule has 0 bridgehead atoms. The molecule has 0 amide bonds. The fraction of sp³-hybridized carbons (Fsp3) is 0. The summed E-state index contributed by atoms with van der Waals surface area (Å²) in [5.41, 5.74) is 12.9. The molecule has 3 heterocycles. The molecule has 10 rings (SSSR count). The van der Waals surface area contributed by atoms with Crippen LogP contribution in [0.3, 0.4) is 0 Å². The summed E-state index contributed by atoms with van der Waals surface area (Å²) in [6.45, 7) is 0. The molecular weight excluding hydrogens is 655 g/mol. The second-order valence-electron chi connectivity index (χ2n) is 12.8. The summed E-state index contributed by atoms with van der Waals surface area (Å²) in [6.07, 6.45) is 0. The van der Waals surface area contributed by atoms with Gasteiger partial charge in [-0.3, -0.25) is 0 Å². The lowest BCUT2D eigenvalue weighted by Crippen LogP contribution is -1.97. The van der Waals surface area contributed by atoms with Crippen LogP contribution in [0.25, 0.3) is 98.9 Å². The Bertz CT molecular complexity index is 2860. The second-order valence-corrected chi connectivity index (χ2v) is 13.8. The molecule has 3 aromatic heterocycles. The fourth-order valence-electron chi connectivity index (χ4n) is 7.03. The minimum Gasteiger partial charge on any atom is -0.456 e. The molecule has 0 aliphatic rings. The van der Waals surface area contributed by atoms with Gasteiger partial charge in [0.05, 0.1) is 21.6 Å². The number of fused-ring (bicyclic) bond motifs is 4. The number of benzene rings is 7. The lowest BCUT2D eigenvalue weighted by molar-refractivity contribution is 0.669. The highest BCUT2D eigenvalue weighted by atomic mass is 32.1. The molecule has 0 unspecified atom stereocenters. The van der Waals surface area contributed by atoms with Crippen LogP contribution in [0.1, 0.15) is 0 Å². The second kappa shape index (κ2) is 12.6. The van der Waals surface area contributed by atoms with Gasteiger partial charge < -0.3 is 4.42 Å². The first-order valence-electron chi connectivity index (χ1n) is 17.3. The van der Waals surface area contributed by atoms with Gasteiger partial charge in [-0.2, -0.15) is 0 Å². The normalized spacial score (nSPS) is 11.5. The first-order valence-corrected chi connectivity index (χ1v) is 18.1. The number of rotatable bonds is 6. The molecule has 5 heteroatoms. The standard InChI is InChI=1S/C47H29N3OS/c1-3-12-30(13-4-1)32-24-26-33(27-25-32)39-29-40(35-17-9-16-34(28-35)31-14-5-2-6-15-31)49-46(48-39)36-18-10-21-41-44(36)45-37(19-11-22-42(45)51-41)47-50-38-20-7-8-23-43(38)52-47/h1-29H. The largest absolute Gasteiger partial charge is 0.456 e. The molecule has 10 aromatic rings. The van der Waals surface area contributed by atoms with Gasteiger partial charge in [0.25, 0.3) is 0 Å². The zero-order valence-electron chi connectivity index (χ0n) is 27.9. The summed E-state index contributed by atoms with van der Waals surface area (Å²) in [4.78, 5) is 15.6. The fourth-order valence-corrected chi connectivity index (χ4v) is 8.03. The van der Waals surface area contributed by atoms with E-state index in [1.807, 2.05) is 42.5 Å². The lowest BCUT2D eigenvalue weighted by Gasteiger charge is -2.12. The van der Waals surface area contributed by atoms with E-state index >= 15 is 0 Å². The van der Waals surface area contributed by atoms with Crippen molar-refractivity contribution >= 4 is 43.5 Å². The van der Waals surface area contributed by atoms with Crippen LogP contribution in [0, 0.1) is 0 Å². The molecule has 0 spiro atoms. The van der Waals surface area contributed by atoms with E-state index in [2.05, 4.69) is 133 Å². The van der Waals surface area contributed by atoms with Crippen LogP contribution >= 0.6 is 11.3 Å². The Balaban J connectivity index is 1.19. The van der Waals surface area contributed by atoms with Crippen molar-refractivity contribution in [3.05, 3.63) is 176 Å². The van der Waals surface area contributed by atoms with E-state index in [-0.39, 0.29) is 0 Å². The Morgan fingerprint density at radius 2 is 0.923 bits per heavy atom. The van der Waals surface area contributed by atoms with Gasteiger partial charge in [-0.05, 0) is 58.7 Å². The molecule has 0 fully saturated rings. The highest BCUT2D eigenvalue weighted by Crippen LogP contribution is 2.43. The predicted molar refractivity (Wildman–Crippen MR) is 215 cm³/mol. The molecular formula is C47H29N3OS. The molecule has 7 aromatic carbocycles. The van der Waals surface area contributed by atoms with Gasteiger partial charge in [0.1, 0.15) is 16.2 Å². The van der Waals surface area contributed by atoms with Crippen LogP contribution in [0.2, 0.25) is 0 Å². The van der Waals surface area contributed by atoms with Crippen LogP contribution in [0.4, 0.5) is 0 Å². The van der Waals surface area contributed by atoms with Crippen molar-refractivity contribution in [2.75, 3.05) is 0 Å². The van der Waals surface area contributed by atoms with Crippen molar-refractivity contribution in [2.24, 2.45) is 0 Å². The van der Waals surface area contributed by atoms with Gasteiger partial charge in [-0.1, -0.05) is 140 Å². The van der Waals surface area contributed by atoms with Crippen molar-refractivity contribution in [1.29, 1.82) is 0 Å². The number of thiazole rings is 1. The monoisotopic (exact) mass is 683 g/mol. The first-order chi connectivity index (χ1) is 25.7. The average Bonchev–Trinajstić information content (AvgIpc) is 3.84. The van der Waals surface area contributed by atoms with Crippen LogP contribution in [0.5, 0.6) is 0 Å². The van der Waals surface area contributed by atoms with Gasteiger partial charge in [0, 0.05) is 33.0 Å². The molecule has 0 saturated carbocycles. The van der Waals surface area contributed by atoms with E-state index in [0.717, 1.165) is 87.5 Å². The van der Waals surface area contributed by atoms with Crippen molar-refractivity contribution in [1.82, 2.24) is 15.0 Å². The van der Waals surface area contributed by atoms with Crippen molar-refractivity contribution in [3.63, 3.8) is 0 Å². The van der Waals surface area contributed by atoms with Gasteiger partial charge in [-0.15, -0.1) is 11.3 Å². The van der Waals surface area contributed by atoms with Crippen LogP contribution in [-0.2, 0) is 0 Å². The molecule has 0 radical (unpaired) electrons. The molecule has 52 heavy (non-hydrogen) atoms. The third-order valence-corrected chi connectivity index (χ3v) is 10.6. The number of aromatic nitrogens is 3. The summed E-state index contributed by atoms with van der Waals surface area (Å²) in [5, 5.41) is 2.95. The minimum atomic E-state index is 0.636. The van der Waals surface area contributed by atoms with E-state index < -0.39 is 0 Å². The first kappa shape index (κ1) is 30.2. The Morgan fingerprint density at radius 1 is 0.385 bits per heavy atom. The van der Waals surface area contributed by atoms with Crippen LogP contribution in [0.15, 0.2) is 180 Å². The van der Waals surface area contributed by atoms with Gasteiger partial charge in [0.2, 0.25) is 0 Å². The SMILES string of the molecule is c1ccc(-c2ccc(-c3cc(-c4cccc(-c5ccccc5)c4)nc(-c4cccc5oc6cccc(-c7nc8ccccc8s7)c6c45)n3)cc2)cc1. The summed E-state index contributed by atoms with van der Waals surface area (Å²) in [5.74, 6) is 0.636. The Kier molecular flexibility index (Phi) is 7.29. The Morgan fingerprint density at radius 3 is 1.65 bits per heavy atom. The third kappa shape index (κ3) is 5.36. The van der Waals surface area contributed by atoms with E-state index in [9.17, 15) is 0 Å². The van der Waals surface area contributed by atoms with Crippen LogP contribution in [-0.4, -0.2) is 15.0 Å². The molecule has 0 aliphatic carbocycles. The summed E-state index contributed by atoms with van der Waals surface area (Å²) < 4.78 is 7.67. The zero-order chi connectivity index (χ0) is 34.4. The quantitative estimate of drug-likeness (QED) is 0.175. The topological polar surface area (TPSA) is 51.8 Å². The molecule has 0 aliphatic heterocycles. The maximum atomic E-state index is 6.52. The highest BCUT2D eigenvalue weighted by molar-refractivity contribution is 7.21. The highest BCUT2D eigenvalue weighted by Gasteiger charge is 2.21. The number of furan rings is 1. The Labute approximate surface area is 304 Å². The van der Waals surface area contributed by atoms with E-state index in [4.69, 9.17) is 19.4 Å². The van der Waals surface area contributed by atoms with Crippen LogP contribution < -0.4 is 0 Å². The smallest absolute Gasteiger partial charge is 0.161 e. The minimum absolute atomic E-state index is 0.636. The van der Waals surface area contributed by atoms with E-state index in [0.29, 0.717) is 5.82 Å². The van der Waals surface area contributed by atoms with Gasteiger partial charge in [-0.25, -0.2) is 15.0 Å². The number of nitrogens with zero attached hydrogens (tertiary/aromatic N) is 3. The van der Waals surface area contributed by atoms with Crippen molar-refractivity contribution < 1.29 is 4.42 Å². The predicted octanol–water partition coefficient (Wildman–Crippen LogP) is 13.0. The lowest BCUT2D eigenvalue weighted by atomic mass is 9.99. The number of para-hydroxylation sites is 1. The zero-order valence-corrected chi connectivity index (χ0v) is 28.7. The summed E-state index contributed by atoms with van der Waals surface area (Å²) in [7, 11) is 0. The average molecular weight is 684 g/mol. The molecule has 0 saturated heterocycles. The van der Waals surface area contributed by atoms with Gasteiger partial charge in [0.15, 0.2) is 5.82 Å². The molecule has 244 valence electrons.